The number of hydrogen-bond donors (Lipinski definition) is 3. The molecule has 4 aliphatic rings. The van der Waals surface area contributed by atoms with Gasteiger partial charge in [-0.1, -0.05) is 43.4 Å². The van der Waals surface area contributed by atoms with Crippen molar-refractivity contribution >= 4 is 68.2 Å². The van der Waals surface area contributed by atoms with Gasteiger partial charge in [0.05, 0.1) is 5.25 Å². The molecule has 216 valence electrons. The maximum atomic E-state index is 13.6. The molecule has 4 rings (SSSR count). The van der Waals surface area contributed by atoms with Crippen LogP contribution in [0.3, 0.4) is 0 Å². The largest absolute Gasteiger partial charge is 0.432 e. The van der Waals surface area contributed by atoms with E-state index in [0.717, 1.165) is 0 Å². The fourth-order valence-corrected chi connectivity index (χ4v) is 7.13. The van der Waals surface area contributed by atoms with E-state index in [4.69, 9.17) is 4.84 Å². The SMILES string of the molecule is CC(C)(C)[C@H](NC(=O)ON1C(=O)CCC1=O)C(=O)N1CCC[C@H]1C(=O)N[C@]1(C(=O)NS(=O)(=O)C2CC2)C[C@H]1I. The van der Waals surface area contributed by atoms with Gasteiger partial charge >= 0.3 is 6.09 Å². The molecule has 2 saturated heterocycles. The number of halogens is 1. The van der Waals surface area contributed by atoms with Crippen LogP contribution in [0.25, 0.3) is 0 Å². The molecule has 2 saturated carbocycles. The number of imide groups is 1. The summed E-state index contributed by atoms with van der Waals surface area (Å²) in [5.74, 6) is -3.29. The molecule has 39 heavy (non-hydrogen) atoms. The van der Waals surface area contributed by atoms with Gasteiger partial charge < -0.3 is 20.4 Å². The molecular weight excluding hydrogens is 649 g/mol. The summed E-state index contributed by atoms with van der Waals surface area (Å²) >= 11 is 1.98. The smallest absolute Gasteiger partial charge is 0.339 e. The summed E-state index contributed by atoms with van der Waals surface area (Å²) in [7, 11) is -3.80. The molecule has 2 aliphatic carbocycles. The Morgan fingerprint density at radius 1 is 1.08 bits per heavy atom. The van der Waals surface area contributed by atoms with Crippen molar-refractivity contribution < 1.29 is 42.0 Å². The molecule has 0 aromatic heterocycles. The minimum absolute atomic E-state index is 0.0809. The number of nitrogens with zero attached hydrogens (tertiary/aromatic N) is 2. The summed E-state index contributed by atoms with van der Waals surface area (Å²) in [6, 6.07) is -2.12. The van der Waals surface area contributed by atoms with Gasteiger partial charge in [0.2, 0.25) is 21.8 Å². The summed E-state index contributed by atoms with van der Waals surface area (Å²) in [4.78, 5) is 82.1. The fourth-order valence-electron chi connectivity index (χ4n) is 4.63. The van der Waals surface area contributed by atoms with E-state index in [-0.39, 0.29) is 29.7 Å². The average Bonchev–Trinajstić information content (AvgIpc) is 3.71. The highest BCUT2D eigenvalue weighted by Gasteiger charge is 2.62. The van der Waals surface area contributed by atoms with E-state index in [1.807, 2.05) is 22.6 Å². The zero-order chi connectivity index (χ0) is 28.9. The van der Waals surface area contributed by atoms with Crippen LogP contribution in [0, 0.1) is 5.41 Å². The number of carbonyl (C=O) groups is 6. The predicted octanol–water partition coefficient (Wildman–Crippen LogP) is -0.147. The number of sulfonamides is 1. The second kappa shape index (κ2) is 10.5. The normalized spacial score (nSPS) is 27.7. The van der Waals surface area contributed by atoms with Crippen LogP contribution in [0.5, 0.6) is 0 Å². The van der Waals surface area contributed by atoms with E-state index in [1.54, 1.807) is 20.8 Å². The van der Waals surface area contributed by atoms with E-state index in [1.165, 1.54) is 4.90 Å². The van der Waals surface area contributed by atoms with Crippen molar-refractivity contribution in [3.05, 3.63) is 0 Å². The van der Waals surface area contributed by atoms with Crippen LogP contribution in [0.15, 0.2) is 0 Å². The lowest BCUT2D eigenvalue weighted by Gasteiger charge is -2.35. The number of hydroxylamine groups is 2. The lowest BCUT2D eigenvalue weighted by Crippen LogP contribution is -2.60. The lowest BCUT2D eigenvalue weighted by molar-refractivity contribution is -0.171. The van der Waals surface area contributed by atoms with Crippen molar-refractivity contribution in [2.45, 2.75) is 92.5 Å². The first-order chi connectivity index (χ1) is 18.1. The second-order valence-corrected chi connectivity index (χ2v) is 14.9. The molecule has 14 nitrogen and oxygen atoms in total. The predicted molar refractivity (Wildman–Crippen MR) is 142 cm³/mol. The Morgan fingerprint density at radius 3 is 2.18 bits per heavy atom. The molecule has 0 unspecified atom stereocenters. The first kappa shape index (κ1) is 29.5. The van der Waals surface area contributed by atoms with Gasteiger partial charge in [0.25, 0.3) is 17.7 Å². The van der Waals surface area contributed by atoms with Crippen LogP contribution in [0.2, 0.25) is 0 Å². The Hall–Kier alpha value is -2.50. The fraction of sp³-hybridized carbons (Fsp3) is 0.739. The Morgan fingerprint density at radius 2 is 1.67 bits per heavy atom. The summed E-state index contributed by atoms with van der Waals surface area (Å²) in [5, 5.41) is 4.89. The van der Waals surface area contributed by atoms with Crippen LogP contribution >= 0.6 is 22.6 Å². The van der Waals surface area contributed by atoms with Crippen LogP contribution in [-0.2, 0) is 38.8 Å². The zero-order valence-electron chi connectivity index (χ0n) is 21.8. The zero-order valence-corrected chi connectivity index (χ0v) is 24.8. The molecule has 4 fully saturated rings. The first-order valence-electron chi connectivity index (χ1n) is 12.7. The number of amides is 6. The standard InChI is InChI=1S/C23H32IN5O9S/c1-22(2,3)17(25-21(35)38-29-15(30)8-9-16(29)31)19(33)28-10-4-5-13(28)18(32)26-23(11-14(23)24)20(34)27-39(36,37)12-6-7-12/h12-14,17H,4-11H2,1-3H3,(H,25,35)(H,26,32)(H,27,34)/t13-,14+,17+,23+/m0/s1. The van der Waals surface area contributed by atoms with Crippen LogP contribution < -0.4 is 15.4 Å². The number of hydrogen-bond acceptors (Lipinski definition) is 9. The topological polar surface area (TPSA) is 188 Å². The third kappa shape index (κ3) is 6.15. The Labute approximate surface area is 239 Å². The molecule has 2 heterocycles. The molecule has 0 aromatic rings. The summed E-state index contributed by atoms with van der Waals surface area (Å²) in [6.45, 7) is 5.29. The highest BCUT2D eigenvalue weighted by Crippen LogP contribution is 2.44. The molecule has 0 aromatic carbocycles. The van der Waals surface area contributed by atoms with Crippen LogP contribution in [-0.4, -0.2) is 87.4 Å². The van der Waals surface area contributed by atoms with Crippen molar-refractivity contribution in [2.75, 3.05) is 6.54 Å². The van der Waals surface area contributed by atoms with Crippen molar-refractivity contribution in [1.82, 2.24) is 25.3 Å². The third-order valence-electron chi connectivity index (χ3n) is 7.22. The van der Waals surface area contributed by atoms with Gasteiger partial charge in [0, 0.05) is 23.3 Å². The summed E-state index contributed by atoms with van der Waals surface area (Å²) in [5.41, 5.74) is -2.24. The van der Waals surface area contributed by atoms with Crippen molar-refractivity contribution in [3.8, 4) is 0 Å². The third-order valence-corrected chi connectivity index (χ3v) is 10.5. The summed E-state index contributed by atoms with van der Waals surface area (Å²) < 4.78 is 26.3. The summed E-state index contributed by atoms with van der Waals surface area (Å²) in [6.07, 6.45) is 0.685. The average molecular weight is 682 g/mol. The number of nitrogens with one attached hydrogen (secondary N) is 3. The lowest BCUT2D eigenvalue weighted by atomic mass is 9.85. The van der Waals surface area contributed by atoms with Gasteiger partial charge in [-0.05, 0) is 37.5 Å². The van der Waals surface area contributed by atoms with Gasteiger partial charge in [-0.15, -0.1) is 5.06 Å². The van der Waals surface area contributed by atoms with Crippen LogP contribution in [0.4, 0.5) is 4.79 Å². The molecule has 16 heteroatoms. The highest BCUT2D eigenvalue weighted by atomic mass is 127. The number of likely N-dealkylation sites (tertiary alicyclic amines) is 1. The number of rotatable bonds is 8. The monoisotopic (exact) mass is 681 g/mol. The molecular formula is C23H32IN5O9S. The van der Waals surface area contributed by atoms with Gasteiger partial charge in [0.1, 0.15) is 17.6 Å². The quantitative estimate of drug-likeness (QED) is 0.178. The molecule has 3 N–H and O–H groups in total. The maximum Gasteiger partial charge on any atom is 0.432 e. The molecule has 6 amide bonds. The van der Waals surface area contributed by atoms with Crippen molar-refractivity contribution in [2.24, 2.45) is 5.41 Å². The van der Waals surface area contributed by atoms with E-state index < -0.39 is 73.9 Å². The minimum Gasteiger partial charge on any atom is -0.339 e. The first-order valence-corrected chi connectivity index (χ1v) is 15.5. The second-order valence-electron chi connectivity index (χ2n) is 11.4. The highest BCUT2D eigenvalue weighted by molar-refractivity contribution is 14.1. The van der Waals surface area contributed by atoms with E-state index in [2.05, 4.69) is 15.4 Å². The Kier molecular flexibility index (Phi) is 7.92. The van der Waals surface area contributed by atoms with E-state index >= 15 is 0 Å². The van der Waals surface area contributed by atoms with Gasteiger partial charge in [-0.25, -0.2) is 13.2 Å². The molecule has 2 aliphatic heterocycles. The van der Waals surface area contributed by atoms with Gasteiger partial charge in [0.15, 0.2) is 0 Å². The van der Waals surface area contributed by atoms with Gasteiger partial charge in [-0.2, -0.15) is 0 Å². The Bertz CT molecular complexity index is 1200. The van der Waals surface area contributed by atoms with Gasteiger partial charge in [-0.3, -0.25) is 28.7 Å². The minimum atomic E-state index is -3.80. The molecule has 0 spiro atoms. The van der Waals surface area contributed by atoms with Crippen LogP contribution in [0.1, 0.15) is 65.7 Å². The van der Waals surface area contributed by atoms with E-state index in [9.17, 15) is 37.2 Å². The van der Waals surface area contributed by atoms with Crippen molar-refractivity contribution in [1.29, 1.82) is 0 Å². The molecule has 0 bridgehead atoms. The number of alkyl halides is 1. The molecule has 4 atom stereocenters. The van der Waals surface area contributed by atoms with Crippen molar-refractivity contribution in [3.63, 3.8) is 0 Å². The Balaban J connectivity index is 1.44. The van der Waals surface area contributed by atoms with E-state index in [0.29, 0.717) is 30.7 Å². The molecule has 0 radical (unpaired) electrons. The maximum absolute atomic E-state index is 13.6. The number of carbonyl (C=O) groups excluding carboxylic acids is 6.